The van der Waals surface area contributed by atoms with Crippen LogP contribution in [0.15, 0.2) is 0 Å². The summed E-state index contributed by atoms with van der Waals surface area (Å²) in [5.74, 6) is -1.88. The monoisotopic (exact) mass is 482 g/mol. The predicted octanol–water partition coefficient (Wildman–Crippen LogP) is 4.32. The molecule has 0 radical (unpaired) electrons. The average molecular weight is 483 g/mol. The number of aliphatic carboxylic acids is 1. The van der Waals surface area contributed by atoms with E-state index in [0.29, 0.717) is 58.0 Å². The summed E-state index contributed by atoms with van der Waals surface area (Å²) >= 11 is 0. The fraction of sp³-hybridized carbons (Fsp3) is 0.846. The quantitative estimate of drug-likeness (QED) is 0.323. The molecule has 2 aliphatic carbocycles. The van der Waals surface area contributed by atoms with Gasteiger partial charge in [0.25, 0.3) is 0 Å². The number of carboxylic acids is 1. The van der Waals surface area contributed by atoms with Gasteiger partial charge in [-0.2, -0.15) is 0 Å². The molecule has 0 saturated heterocycles. The summed E-state index contributed by atoms with van der Waals surface area (Å²) in [6.45, 7) is 8.26. The van der Waals surface area contributed by atoms with Crippen molar-refractivity contribution in [2.45, 2.75) is 103 Å². The molecule has 2 rings (SSSR count). The van der Waals surface area contributed by atoms with E-state index >= 15 is 0 Å². The Morgan fingerprint density at radius 2 is 1.26 bits per heavy atom. The van der Waals surface area contributed by atoms with E-state index in [1.54, 1.807) is 0 Å². The van der Waals surface area contributed by atoms with Crippen LogP contribution < -0.4 is 0 Å². The lowest BCUT2D eigenvalue weighted by Crippen LogP contribution is -2.36. The maximum absolute atomic E-state index is 12.5. The molecule has 34 heavy (non-hydrogen) atoms. The van der Waals surface area contributed by atoms with Crippen LogP contribution in [0.4, 0.5) is 0 Å². The second-order valence-corrected chi connectivity index (χ2v) is 11.1. The highest BCUT2D eigenvalue weighted by Gasteiger charge is 2.33. The molecule has 0 aromatic carbocycles. The summed E-state index contributed by atoms with van der Waals surface area (Å²) < 4.78 is 17.2. The Balaban J connectivity index is 1.64. The summed E-state index contributed by atoms with van der Waals surface area (Å²) in [7, 11) is 0. The molecule has 0 spiro atoms. The van der Waals surface area contributed by atoms with Crippen molar-refractivity contribution < 1.29 is 38.5 Å². The third-order valence-electron chi connectivity index (χ3n) is 7.23. The highest BCUT2D eigenvalue weighted by atomic mass is 16.6. The molecule has 2 aliphatic rings. The highest BCUT2D eigenvalue weighted by Crippen LogP contribution is 2.31. The van der Waals surface area contributed by atoms with Crippen LogP contribution in [0.25, 0.3) is 0 Å². The largest absolute Gasteiger partial charge is 0.481 e. The second-order valence-electron chi connectivity index (χ2n) is 11.1. The summed E-state index contributed by atoms with van der Waals surface area (Å²) in [6, 6.07) is 0. The van der Waals surface area contributed by atoms with Crippen molar-refractivity contribution in [2.24, 2.45) is 23.7 Å². The number of carbonyl (C=O) groups is 4. The Bertz CT molecular complexity index is 698. The third-order valence-corrected chi connectivity index (χ3v) is 7.23. The molecule has 0 amide bonds. The predicted molar refractivity (Wildman–Crippen MR) is 125 cm³/mol. The van der Waals surface area contributed by atoms with Crippen LogP contribution in [0.5, 0.6) is 0 Å². The molecule has 0 aromatic rings. The molecule has 0 aliphatic heterocycles. The minimum atomic E-state index is -0.787. The van der Waals surface area contributed by atoms with Gasteiger partial charge in [-0.05, 0) is 79.1 Å². The molecule has 8 heteroatoms. The lowest BCUT2D eigenvalue weighted by Gasteiger charge is -2.32. The first-order valence-electron chi connectivity index (χ1n) is 12.6. The summed E-state index contributed by atoms with van der Waals surface area (Å²) in [4.78, 5) is 46.8. The van der Waals surface area contributed by atoms with Gasteiger partial charge in [0.05, 0.1) is 36.6 Å². The van der Waals surface area contributed by atoms with Crippen molar-refractivity contribution in [1.29, 1.82) is 0 Å². The van der Waals surface area contributed by atoms with Crippen LogP contribution in [0.2, 0.25) is 0 Å². The fourth-order valence-electron chi connectivity index (χ4n) is 4.63. The fourth-order valence-corrected chi connectivity index (χ4v) is 4.63. The van der Waals surface area contributed by atoms with Crippen molar-refractivity contribution in [1.82, 2.24) is 0 Å². The molecule has 2 fully saturated rings. The molecule has 1 N–H and O–H groups in total. The van der Waals surface area contributed by atoms with Crippen molar-refractivity contribution in [3.8, 4) is 0 Å². The van der Waals surface area contributed by atoms with Crippen molar-refractivity contribution in [3.63, 3.8) is 0 Å². The molecule has 0 atom stereocenters. The molecule has 194 valence electrons. The Morgan fingerprint density at radius 3 is 1.82 bits per heavy atom. The average Bonchev–Trinajstić information content (AvgIpc) is 2.78. The zero-order chi connectivity index (χ0) is 25.4. The van der Waals surface area contributed by atoms with E-state index in [-0.39, 0.29) is 42.2 Å². The van der Waals surface area contributed by atoms with Gasteiger partial charge in [-0.1, -0.05) is 0 Å². The second kappa shape index (κ2) is 12.7. The molecule has 8 nitrogen and oxygen atoms in total. The van der Waals surface area contributed by atoms with Crippen LogP contribution in [0.3, 0.4) is 0 Å². The van der Waals surface area contributed by atoms with Crippen LogP contribution in [-0.2, 0) is 33.4 Å². The van der Waals surface area contributed by atoms with E-state index in [9.17, 15) is 19.2 Å². The first-order valence-corrected chi connectivity index (χ1v) is 12.6. The van der Waals surface area contributed by atoms with Gasteiger partial charge < -0.3 is 24.1 Å². The van der Waals surface area contributed by atoms with E-state index in [1.807, 2.05) is 27.7 Å². The SMILES string of the molecule is CC(C)(CCOC(=O)C1CCC(C(=O)O)CC1)OCCC(C)(C)OC(=O)C1CCC(C=O)CC1. The van der Waals surface area contributed by atoms with Crippen molar-refractivity contribution in [3.05, 3.63) is 0 Å². The number of carboxylic acid groups (broad SMARTS) is 1. The standard InChI is InChI=1S/C26H42O8/c1-25(2,13-15-32-23(30)20-11-9-19(10-12-20)22(28)29)33-16-14-26(3,4)34-24(31)21-7-5-18(17-27)6-8-21/h17-21H,5-16H2,1-4H3,(H,28,29). The zero-order valence-electron chi connectivity index (χ0n) is 21.2. The number of hydrogen-bond donors (Lipinski definition) is 1. The molecular weight excluding hydrogens is 440 g/mol. The minimum absolute atomic E-state index is 0.0684. The van der Waals surface area contributed by atoms with Gasteiger partial charge in [-0.25, -0.2) is 0 Å². The van der Waals surface area contributed by atoms with E-state index in [1.165, 1.54) is 0 Å². The number of aldehydes is 1. The maximum Gasteiger partial charge on any atom is 0.309 e. The zero-order valence-corrected chi connectivity index (χ0v) is 21.2. The van der Waals surface area contributed by atoms with Crippen molar-refractivity contribution in [2.75, 3.05) is 13.2 Å². The van der Waals surface area contributed by atoms with Gasteiger partial charge in [0.1, 0.15) is 11.9 Å². The highest BCUT2D eigenvalue weighted by molar-refractivity contribution is 5.74. The number of rotatable bonds is 12. The van der Waals surface area contributed by atoms with E-state index in [4.69, 9.17) is 19.3 Å². The number of hydrogen-bond acceptors (Lipinski definition) is 7. The topological polar surface area (TPSA) is 116 Å². The van der Waals surface area contributed by atoms with Gasteiger partial charge in [0.15, 0.2) is 0 Å². The van der Waals surface area contributed by atoms with E-state index in [0.717, 1.165) is 19.1 Å². The smallest absolute Gasteiger partial charge is 0.309 e. The van der Waals surface area contributed by atoms with Crippen LogP contribution in [0.1, 0.15) is 91.9 Å². The van der Waals surface area contributed by atoms with Crippen LogP contribution in [-0.4, -0.2) is 53.7 Å². The molecule has 2 saturated carbocycles. The Labute approximate surface area is 203 Å². The van der Waals surface area contributed by atoms with Crippen LogP contribution >= 0.6 is 0 Å². The van der Waals surface area contributed by atoms with Gasteiger partial charge in [0, 0.05) is 18.8 Å². The van der Waals surface area contributed by atoms with Gasteiger partial charge in [-0.3, -0.25) is 14.4 Å². The summed E-state index contributed by atoms with van der Waals surface area (Å²) in [6.07, 6.45) is 7.09. The lowest BCUT2D eigenvalue weighted by atomic mass is 9.82. The van der Waals surface area contributed by atoms with Crippen LogP contribution in [0, 0.1) is 23.7 Å². The van der Waals surface area contributed by atoms with Crippen molar-refractivity contribution >= 4 is 24.2 Å². The molecule has 0 bridgehead atoms. The first kappa shape index (κ1) is 28.3. The number of esters is 2. The Morgan fingerprint density at radius 1 is 0.765 bits per heavy atom. The number of ether oxygens (including phenoxy) is 3. The van der Waals surface area contributed by atoms with Gasteiger partial charge in [0.2, 0.25) is 0 Å². The summed E-state index contributed by atoms with van der Waals surface area (Å²) in [5.41, 5.74) is -1.16. The molecule has 0 unspecified atom stereocenters. The number of carbonyl (C=O) groups excluding carboxylic acids is 3. The first-order chi connectivity index (χ1) is 15.9. The third kappa shape index (κ3) is 9.35. The molecule has 0 heterocycles. The van der Waals surface area contributed by atoms with E-state index < -0.39 is 17.2 Å². The maximum atomic E-state index is 12.5. The van der Waals surface area contributed by atoms with Gasteiger partial charge >= 0.3 is 17.9 Å². The van der Waals surface area contributed by atoms with E-state index in [2.05, 4.69) is 0 Å². The molecule has 0 aromatic heterocycles. The Hall–Kier alpha value is -1.96. The minimum Gasteiger partial charge on any atom is -0.481 e. The Kier molecular flexibility index (Phi) is 10.5. The van der Waals surface area contributed by atoms with Gasteiger partial charge in [-0.15, -0.1) is 0 Å². The normalized spacial score (nSPS) is 25.9. The lowest BCUT2D eigenvalue weighted by molar-refractivity contribution is -0.166. The molecular formula is C26H42O8. The summed E-state index contributed by atoms with van der Waals surface area (Å²) in [5, 5.41) is 9.07.